The van der Waals surface area contributed by atoms with Gasteiger partial charge in [-0.3, -0.25) is 24.1 Å². The molecule has 2 rings (SSSR count). The van der Waals surface area contributed by atoms with Gasteiger partial charge in [0.1, 0.15) is 0 Å². The van der Waals surface area contributed by atoms with E-state index >= 15 is 0 Å². The van der Waals surface area contributed by atoms with Gasteiger partial charge in [0, 0.05) is 50.7 Å². The second kappa shape index (κ2) is 15.8. The summed E-state index contributed by atoms with van der Waals surface area (Å²) >= 11 is 0. The zero-order chi connectivity index (χ0) is 25.5. The quantitative estimate of drug-likeness (QED) is 0.149. The third kappa shape index (κ3) is 11.3. The Morgan fingerprint density at radius 2 is 1.51 bits per heavy atom. The standard InChI is InChI=1S/C23H37N5O7/c1-17-18(27-23(33)26-17)5-3-2-4-6-19(29)25-11-14-35-16-15-34-13-9-20(30)24-10-12-28-21(31)7-8-22(28)32/h7-8,17-18H,2-6,9-16H2,1H3,(H,24,30)(H,25,29)(H2,26,27,33)/t17-,18+/m0/s1. The number of rotatable bonds is 18. The lowest BCUT2D eigenvalue weighted by atomic mass is 10.0. The molecular formula is C23H37N5O7. The van der Waals surface area contributed by atoms with Crippen LogP contribution in [0.5, 0.6) is 0 Å². The van der Waals surface area contributed by atoms with Gasteiger partial charge in [-0.25, -0.2) is 4.79 Å². The van der Waals surface area contributed by atoms with E-state index in [4.69, 9.17) is 9.47 Å². The number of urea groups is 1. The molecule has 4 N–H and O–H groups in total. The molecule has 0 spiro atoms. The van der Waals surface area contributed by atoms with E-state index in [1.165, 1.54) is 12.2 Å². The first-order valence-corrected chi connectivity index (χ1v) is 12.2. The van der Waals surface area contributed by atoms with E-state index in [2.05, 4.69) is 21.3 Å². The van der Waals surface area contributed by atoms with Crippen LogP contribution in [0.2, 0.25) is 0 Å². The van der Waals surface area contributed by atoms with Crippen LogP contribution < -0.4 is 21.3 Å². The van der Waals surface area contributed by atoms with Crippen LogP contribution >= 0.6 is 0 Å². The first-order valence-electron chi connectivity index (χ1n) is 12.2. The van der Waals surface area contributed by atoms with Crippen molar-refractivity contribution in [3.05, 3.63) is 12.2 Å². The summed E-state index contributed by atoms with van der Waals surface area (Å²) in [4.78, 5) is 58.7. The zero-order valence-corrected chi connectivity index (χ0v) is 20.3. The minimum Gasteiger partial charge on any atom is -0.379 e. The molecule has 0 aliphatic carbocycles. The smallest absolute Gasteiger partial charge is 0.315 e. The van der Waals surface area contributed by atoms with Crippen molar-refractivity contribution in [2.75, 3.05) is 46.1 Å². The molecule has 0 aromatic heterocycles. The molecule has 2 atom stereocenters. The molecule has 1 fully saturated rings. The highest BCUT2D eigenvalue weighted by Gasteiger charge is 2.26. The molecule has 2 aliphatic heterocycles. The van der Waals surface area contributed by atoms with Crippen molar-refractivity contribution in [3.8, 4) is 0 Å². The molecule has 0 aromatic carbocycles. The lowest BCUT2D eigenvalue weighted by molar-refractivity contribution is -0.137. The fourth-order valence-electron chi connectivity index (χ4n) is 3.68. The van der Waals surface area contributed by atoms with Crippen LogP contribution in [0.15, 0.2) is 12.2 Å². The van der Waals surface area contributed by atoms with Gasteiger partial charge in [-0.2, -0.15) is 0 Å². The Morgan fingerprint density at radius 3 is 2.20 bits per heavy atom. The van der Waals surface area contributed by atoms with Crippen molar-refractivity contribution in [2.45, 2.75) is 57.5 Å². The molecule has 0 aromatic rings. The Hall–Kier alpha value is -2.99. The maximum atomic E-state index is 11.8. The highest BCUT2D eigenvalue weighted by atomic mass is 16.5. The van der Waals surface area contributed by atoms with Gasteiger partial charge in [0.2, 0.25) is 11.8 Å². The van der Waals surface area contributed by atoms with Crippen molar-refractivity contribution in [2.24, 2.45) is 0 Å². The number of nitrogens with one attached hydrogen (secondary N) is 4. The Labute approximate surface area is 205 Å². The molecule has 2 heterocycles. The second-order valence-corrected chi connectivity index (χ2v) is 8.45. The first-order chi connectivity index (χ1) is 16.9. The monoisotopic (exact) mass is 495 g/mol. The van der Waals surface area contributed by atoms with Crippen LogP contribution in [0.4, 0.5) is 4.79 Å². The molecule has 2 aliphatic rings. The molecule has 0 unspecified atom stereocenters. The molecule has 12 heteroatoms. The Balaban J connectivity index is 1.31. The fraction of sp³-hybridized carbons (Fsp3) is 0.696. The maximum Gasteiger partial charge on any atom is 0.315 e. The van der Waals surface area contributed by atoms with Gasteiger partial charge in [-0.1, -0.05) is 12.8 Å². The largest absolute Gasteiger partial charge is 0.379 e. The number of amides is 6. The SMILES string of the molecule is C[C@@H]1NC(=O)N[C@@H]1CCCCCC(=O)NCCOCCOCCC(=O)NCCN1C(=O)C=CC1=O. The number of carbonyl (C=O) groups is 5. The summed E-state index contributed by atoms with van der Waals surface area (Å²) in [5.74, 6) is -0.973. The van der Waals surface area contributed by atoms with E-state index in [0.717, 1.165) is 30.6 Å². The number of unbranched alkanes of at least 4 members (excludes halogenated alkanes) is 2. The van der Waals surface area contributed by atoms with Gasteiger partial charge in [0.05, 0.1) is 32.5 Å². The van der Waals surface area contributed by atoms with Gasteiger partial charge in [0.15, 0.2) is 0 Å². The van der Waals surface area contributed by atoms with Crippen molar-refractivity contribution in [1.82, 2.24) is 26.2 Å². The Kier molecular flexibility index (Phi) is 12.8. The lowest BCUT2D eigenvalue weighted by Gasteiger charge is -2.14. The molecule has 1 saturated heterocycles. The summed E-state index contributed by atoms with van der Waals surface area (Å²) in [5.41, 5.74) is 0. The summed E-state index contributed by atoms with van der Waals surface area (Å²) < 4.78 is 10.7. The first kappa shape index (κ1) is 28.2. The maximum absolute atomic E-state index is 11.8. The van der Waals surface area contributed by atoms with Gasteiger partial charge < -0.3 is 30.7 Å². The highest BCUT2D eigenvalue weighted by molar-refractivity contribution is 6.12. The number of hydrogen-bond acceptors (Lipinski definition) is 7. The van der Waals surface area contributed by atoms with Crippen LogP contribution in [-0.2, 0) is 28.7 Å². The average Bonchev–Trinajstić information content (AvgIpc) is 3.31. The molecule has 12 nitrogen and oxygen atoms in total. The molecule has 35 heavy (non-hydrogen) atoms. The van der Waals surface area contributed by atoms with Crippen molar-refractivity contribution in [1.29, 1.82) is 0 Å². The van der Waals surface area contributed by atoms with E-state index in [-0.39, 0.29) is 67.9 Å². The van der Waals surface area contributed by atoms with Crippen LogP contribution in [0.3, 0.4) is 0 Å². The summed E-state index contributed by atoms with van der Waals surface area (Å²) in [6.45, 7) is 4.05. The van der Waals surface area contributed by atoms with E-state index in [1.54, 1.807) is 0 Å². The molecule has 0 bridgehead atoms. The number of hydrogen-bond donors (Lipinski definition) is 4. The third-order valence-electron chi connectivity index (χ3n) is 5.67. The topological polar surface area (TPSA) is 155 Å². The van der Waals surface area contributed by atoms with Gasteiger partial charge in [-0.05, 0) is 19.8 Å². The highest BCUT2D eigenvalue weighted by Crippen LogP contribution is 2.11. The van der Waals surface area contributed by atoms with Crippen LogP contribution in [0.25, 0.3) is 0 Å². The molecule has 0 radical (unpaired) electrons. The van der Waals surface area contributed by atoms with E-state index in [0.29, 0.717) is 32.8 Å². The average molecular weight is 496 g/mol. The van der Waals surface area contributed by atoms with Crippen molar-refractivity contribution < 1.29 is 33.4 Å². The molecule has 196 valence electrons. The summed E-state index contributed by atoms with van der Waals surface area (Å²) in [5, 5.41) is 11.2. The second-order valence-electron chi connectivity index (χ2n) is 8.45. The summed E-state index contributed by atoms with van der Waals surface area (Å²) in [6.07, 6.45) is 6.66. The fourth-order valence-corrected chi connectivity index (χ4v) is 3.68. The van der Waals surface area contributed by atoms with Gasteiger partial charge in [0.25, 0.3) is 11.8 Å². The Bertz CT molecular complexity index is 755. The Morgan fingerprint density at radius 1 is 0.857 bits per heavy atom. The number of nitrogens with zero attached hydrogens (tertiary/aromatic N) is 1. The lowest BCUT2D eigenvalue weighted by Crippen LogP contribution is -2.38. The summed E-state index contributed by atoms with van der Waals surface area (Å²) in [6, 6.07) is 0.200. The van der Waals surface area contributed by atoms with Crippen molar-refractivity contribution in [3.63, 3.8) is 0 Å². The van der Waals surface area contributed by atoms with E-state index < -0.39 is 0 Å². The molecule has 0 saturated carbocycles. The van der Waals surface area contributed by atoms with Gasteiger partial charge >= 0.3 is 6.03 Å². The number of imide groups is 1. The van der Waals surface area contributed by atoms with Crippen LogP contribution in [0, 0.1) is 0 Å². The van der Waals surface area contributed by atoms with Crippen LogP contribution in [-0.4, -0.2) is 92.7 Å². The minimum atomic E-state index is -0.372. The molecular weight excluding hydrogens is 458 g/mol. The predicted octanol–water partition coefficient (Wildman–Crippen LogP) is -0.412. The normalized spacial score (nSPS) is 19.1. The van der Waals surface area contributed by atoms with Crippen molar-refractivity contribution >= 4 is 29.7 Å². The summed E-state index contributed by atoms with van der Waals surface area (Å²) in [7, 11) is 0. The van der Waals surface area contributed by atoms with E-state index in [9.17, 15) is 24.0 Å². The number of carbonyl (C=O) groups excluding carboxylic acids is 5. The predicted molar refractivity (Wildman–Crippen MR) is 126 cm³/mol. The van der Waals surface area contributed by atoms with E-state index in [1.807, 2.05) is 6.92 Å². The van der Waals surface area contributed by atoms with Gasteiger partial charge in [-0.15, -0.1) is 0 Å². The molecule has 6 amide bonds. The number of ether oxygens (including phenoxy) is 2. The minimum absolute atomic E-state index is 0.00482. The zero-order valence-electron chi connectivity index (χ0n) is 20.3. The van der Waals surface area contributed by atoms with Crippen LogP contribution in [0.1, 0.15) is 45.4 Å². The third-order valence-corrected chi connectivity index (χ3v) is 5.67.